The molecule has 150 valence electrons. The smallest absolute Gasteiger partial charge is 0.313 e. The van der Waals surface area contributed by atoms with Crippen LogP contribution in [0.1, 0.15) is 25.8 Å². The van der Waals surface area contributed by atoms with Gasteiger partial charge < -0.3 is 19.8 Å². The Morgan fingerprint density at radius 1 is 1.22 bits per heavy atom. The Balaban J connectivity index is 1.75. The number of piperidine rings is 1. The van der Waals surface area contributed by atoms with E-state index in [2.05, 4.69) is 23.6 Å². The van der Waals surface area contributed by atoms with Crippen LogP contribution in [0.3, 0.4) is 0 Å². The molecule has 0 amide bonds. The summed E-state index contributed by atoms with van der Waals surface area (Å²) in [6, 6.07) is 9.63. The molecule has 1 aromatic carbocycles. The van der Waals surface area contributed by atoms with Gasteiger partial charge in [0.15, 0.2) is 0 Å². The van der Waals surface area contributed by atoms with E-state index in [4.69, 9.17) is 4.74 Å². The van der Waals surface area contributed by atoms with E-state index in [9.17, 15) is 15.0 Å². The van der Waals surface area contributed by atoms with Gasteiger partial charge in [0.1, 0.15) is 5.41 Å². The molecule has 2 aliphatic heterocycles. The number of aliphatic hydroxyl groups is 1. The summed E-state index contributed by atoms with van der Waals surface area (Å²) in [7, 11) is 0. The Kier molecular flexibility index (Phi) is 6.21. The van der Waals surface area contributed by atoms with Crippen LogP contribution in [0.5, 0.6) is 0 Å². The van der Waals surface area contributed by atoms with Gasteiger partial charge in [-0.3, -0.25) is 9.69 Å². The first-order chi connectivity index (χ1) is 12.8. The van der Waals surface area contributed by atoms with Gasteiger partial charge in [-0.15, -0.1) is 0 Å². The van der Waals surface area contributed by atoms with Crippen molar-refractivity contribution in [2.75, 3.05) is 45.9 Å². The highest BCUT2D eigenvalue weighted by molar-refractivity contribution is 5.76. The van der Waals surface area contributed by atoms with Gasteiger partial charge in [-0.25, -0.2) is 0 Å². The van der Waals surface area contributed by atoms with Crippen LogP contribution < -0.4 is 0 Å². The first-order valence-electron chi connectivity index (χ1n) is 9.84. The molecule has 0 aliphatic carbocycles. The lowest BCUT2D eigenvalue weighted by molar-refractivity contribution is -0.164. The number of rotatable bonds is 6. The molecule has 2 N–H and O–H groups in total. The Bertz CT molecular complexity index is 630. The Labute approximate surface area is 161 Å². The van der Waals surface area contributed by atoms with Crippen molar-refractivity contribution in [2.45, 2.75) is 38.3 Å². The number of likely N-dealkylation sites (tertiary alicyclic amines) is 1. The molecule has 6 heteroatoms. The van der Waals surface area contributed by atoms with Crippen LogP contribution in [0, 0.1) is 5.41 Å². The van der Waals surface area contributed by atoms with E-state index in [1.807, 2.05) is 30.3 Å². The number of carbonyl (C=O) groups is 1. The molecule has 0 spiro atoms. The molecule has 2 heterocycles. The first-order valence-corrected chi connectivity index (χ1v) is 9.84. The summed E-state index contributed by atoms with van der Waals surface area (Å²) in [5.41, 5.74) is -0.280. The van der Waals surface area contributed by atoms with Crippen molar-refractivity contribution >= 4 is 5.97 Å². The number of aliphatic carboxylic acids is 1. The third-order valence-electron chi connectivity index (χ3n) is 6.13. The second-order valence-corrected chi connectivity index (χ2v) is 8.55. The molecule has 2 aliphatic rings. The van der Waals surface area contributed by atoms with Crippen LogP contribution in [0.4, 0.5) is 0 Å². The van der Waals surface area contributed by atoms with Crippen LogP contribution in [0.2, 0.25) is 0 Å². The van der Waals surface area contributed by atoms with E-state index in [0.717, 1.165) is 45.0 Å². The third-order valence-corrected chi connectivity index (χ3v) is 6.13. The number of carboxylic acids is 1. The summed E-state index contributed by atoms with van der Waals surface area (Å²) in [6.07, 6.45) is -0.00472. The maximum atomic E-state index is 12.3. The van der Waals surface area contributed by atoms with Gasteiger partial charge in [0, 0.05) is 38.3 Å². The maximum Gasteiger partial charge on any atom is 0.313 e. The van der Waals surface area contributed by atoms with E-state index >= 15 is 0 Å². The summed E-state index contributed by atoms with van der Waals surface area (Å²) in [4.78, 5) is 16.9. The molecule has 0 radical (unpaired) electrons. The highest BCUT2D eigenvalue weighted by atomic mass is 16.5. The number of hydrogen-bond donors (Lipinski definition) is 2. The molecule has 6 nitrogen and oxygen atoms in total. The number of benzene rings is 1. The third kappa shape index (κ3) is 4.51. The number of morpholine rings is 1. The highest BCUT2D eigenvalue weighted by Crippen LogP contribution is 2.35. The van der Waals surface area contributed by atoms with E-state index in [1.165, 1.54) is 0 Å². The van der Waals surface area contributed by atoms with Crippen molar-refractivity contribution in [3.63, 3.8) is 0 Å². The molecule has 27 heavy (non-hydrogen) atoms. The van der Waals surface area contributed by atoms with Crippen molar-refractivity contribution in [3.8, 4) is 0 Å². The van der Waals surface area contributed by atoms with Crippen molar-refractivity contribution in [1.82, 2.24) is 9.80 Å². The zero-order valence-electron chi connectivity index (χ0n) is 16.4. The minimum Gasteiger partial charge on any atom is -0.481 e. The fourth-order valence-electron chi connectivity index (χ4n) is 4.54. The summed E-state index contributed by atoms with van der Waals surface area (Å²) in [6.45, 7) is 9.58. The molecule has 0 bridgehead atoms. The topological polar surface area (TPSA) is 73.2 Å². The van der Waals surface area contributed by atoms with Crippen molar-refractivity contribution in [3.05, 3.63) is 35.9 Å². The summed E-state index contributed by atoms with van der Waals surface area (Å²) < 4.78 is 5.46. The first kappa shape index (κ1) is 20.3. The normalized spacial score (nSPS) is 28.2. The number of aliphatic hydroxyl groups excluding tert-OH is 1. The van der Waals surface area contributed by atoms with Gasteiger partial charge in [0.2, 0.25) is 0 Å². The molecule has 2 fully saturated rings. The quantitative estimate of drug-likeness (QED) is 0.784. The second kappa shape index (κ2) is 8.27. The van der Waals surface area contributed by atoms with Gasteiger partial charge in [0.25, 0.3) is 0 Å². The van der Waals surface area contributed by atoms with Gasteiger partial charge >= 0.3 is 5.97 Å². The second-order valence-electron chi connectivity index (χ2n) is 8.55. The predicted octanol–water partition coefficient (Wildman–Crippen LogP) is 1.48. The highest BCUT2D eigenvalue weighted by Gasteiger charge is 2.50. The standard InChI is InChI=1S/C21H32N2O4/c1-20(2,23-10-12-27-13-11-23)15-22-9-8-18(24)21(16-22,19(25)26)14-17-6-4-3-5-7-17/h3-7,18,24H,8-16H2,1-2H3,(H,25,26)/t18-,21-/m0/s1. The minimum atomic E-state index is -1.17. The van der Waals surface area contributed by atoms with E-state index < -0.39 is 17.5 Å². The monoisotopic (exact) mass is 376 g/mol. The van der Waals surface area contributed by atoms with Crippen molar-refractivity contribution in [1.29, 1.82) is 0 Å². The molecule has 3 rings (SSSR count). The number of nitrogens with zero attached hydrogens (tertiary/aromatic N) is 2. The molecule has 2 saturated heterocycles. The summed E-state index contributed by atoms with van der Waals surface area (Å²) in [5.74, 6) is -0.910. The number of carboxylic acid groups (broad SMARTS) is 1. The van der Waals surface area contributed by atoms with Crippen LogP contribution in [-0.4, -0.2) is 83.6 Å². The summed E-state index contributed by atoms with van der Waals surface area (Å²) >= 11 is 0. The fourth-order valence-corrected chi connectivity index (χ4v) is 4.54. The van der Waals surface area contributed by atoms with Crippen molar-refractivity contribution < 1.29 is 19.7 Å². The maximum absolute atomic E-state index is 12.3. The molecule has 0 unspecified atom stereocenters. The number of hydrogen-bond acceptors (Lipinski definition) is 5. The minimum absolute atomic E-state index is 0.0664. The largest absolute Gasteiger partial charge is 0.481 e. The fraction of sp³-hybridized carbons (Fsp3) is 0.667. The average Bonchev–Trinajstić information content (AvgIpc) is 2.65. The average molecular weight is 376 g/mol. The van der Waals surface area contributed by atoms with Crippen molar-refractivity contribution in [2.24, 2.45) is 5.41 Å². The van der Waals surface area contributed by atoms with Gasteiger partial charge in [-0.05, 0) is 32.3 Å². The van der Waals surface area contributed by atoms with Crippen LogP contribution in [0.15, 0.2) is 30.3 Å². The molecular formula is C21H32N2O4. The molecule has 0 saturated carbocycles. The Hall–Kier alpha value is -1.47. The van der Waals surface area contributed by atoms with Gasteiger partial charge in [-0.1, -0.05) is 30.3 Å². The van der Waals surface area contributed by atoms with Gasteiger partial charge in [0.05, 0.1) is 19.3 Å². The molecule has 1 aromatic rings. The zero-order chi connectivity index (χ0) is 19.5. The summed E-state index contributed by atoms with van der Waals surface area (Å²) in [5, 5.41) is 20.8. The zero-order valence-corrected chi connectivity index (χ0v) is 16.4. The van der Waals surface area contributed by atoms with E-state index in [0.29, 0.717) is 19.4 Å². The SMILES string of the molecule is CC(C)(CN1CC[C@H](O)[C@@](Cc2ccccc2)(C(=O)O)C1)N1CCOCC1. The Morgan fingerprint density at radius 3 is 2.52 bits per heavy atom. The van der Waals surface area contributed by atoms with Crippen LogP contribution >= 0.6 is 0 Å². The lowest BCUT2D eigenvalue weighted by atomic mass is 9.72. The molecular weight excluding hydrogens is 344 g/mol. The van der Waals surface area contributed by atoms with E-state index in [1.54, 1.807) is 0 Å². The predicted molar refractivity (Wildman–Crippen MR) is 104 cm³/mol. The Morgan fingerprint density at radius 2 is 1.89 bits per heavy atom. The molecule has 2 atom stereocenters. The molecule has 0 aromatic heterocycles. The van der Waals surface area contributed by atoms with E-state index in [-0.39, 0.29) is 5.54 Å². The van der Waals surface area contributed by atoms with Crippen LogP contribution in [0.25, 0.3) is 0 Å². The lowest BCUT2D eigenvalue weighted by Crippen LogP contribution is -2.61. The number of ether oxygens (including phenoxy) is 1. The lowest BCUT2D eigenvalue weighted by Gasteiger charge is -2.48. The van der Waals surface area contributed by atoms with Crippen LogP contribution in [-0.2, 0) is 16.0 Å². The van der Waals surface area contributed by atoms with Gasteiger partial charge in [-0.2, -0.15) is 0 Å².